The van der Waals surface area contributed by atoms with Crippen LogP contribution in [-0.4, -0.2) is 74.6 Å². The highest BCUT2D eigenvalue weighted by Crippen LogP contribution is 1.95. The first-order valence-corrected chi connectivity index (χ1v) is 6.29. The zero-order chi connectivity index (χ0) is 14.5. The summed E-state index contributed by atoms with van der Waals surface area (Å²) in [5.74, 6) is -1.12. The van der Waals surface area contributed by atoms with Gasteiger partial charge in [-0.2, -0.15) is 0 Å². The Morgan fingerprint density at radius 3 is 2.37 bits per heavy atom. The number of esters is 1. The molecule has 112 valence electrons. The molecule has 0 aromatic rings. The summed E-state index contributed by atoms with van der Waals surface area (Å²) in [4.78, 5) is 22.3. The lowest BCUT2D eigenvalue weighted by molar-refractivity contribution is -0.142. The number of hydrogen-bond acceptors (Lipinski definition) is 6. The maximum Gasteiger partial charge on any atom is 0.329 e. The molecule has 1 heterocycles. The van der Waals surface area contributed by atoms with Crippen LogP contribution in [0.3, 0.4) is 0 Å². The number of nitrogens with zero attached hydrogens (tertiary/aromatic N) is 1. The molecule has 1 N–H and O–H groups in total. The Bertz CT molecular complexity index is 253. The fraction of sp³-hybridized carbons (Fsp3) is 0.833. The minimum atomic E-state index is -0.915. The summed E-state index contributed by atoms with van der Waals surface area (Å²) < 4.78 is 14.5. The predicted octanol–water partition coefficient (Wildman–Crippen LogP) is -0.0108. The summed E-state index contributed by atoms with van der Waals surface area (Å²) in [5, 5.41) is 7.92. The van der Waals surface area contributed by atoms with Crippen molar-refractivity contribution in [3.05, 3.63) is 0 Å². The van der Waals surface area contributed by atoms with E-state index in [0.29, 0.717) is 13.2 Å². The Labute approximate surface area is 113 Å². The Kier molecular flexibility index (Phi) is 11.1. The van der Waals surface area contributed by atoms with Crippen molar-refractivity contribution < 1.29 is 28.9 Å². The van der Waals surface area contributed by atoms with Crippen LogP contribution < -0.4 is 0 Å². The highest BCUT2D eigenvalue weighted by molar-refractivity contribution is 5.67. The SMILES string of the molecule is CC(=O)OCCN1CCOCC1.CCOCC(=O)O. The monoisotopic (exact) mass is 277 g/mol. The van der Waals surface area contributed by atoms with Gasteiger partial charge in [-0.3, -0.25) is 9.69 Å². The summed E-state index contributed by atoms with van der Waals surface area (Å²) in [6, 6.07) is 0. The third-order valence-electron chi connectivity index (χ3n) is 2.25. The molecule has 0 aromatic carbocycles. The van der Waals surface area contributed by atoms with E-state index in [-0.39, 0.29) is 12.6 Å². The number of aliphatic carboxylic acids is 1. The fourth-order valence-electron chi connectivity index (χ4n) is 1.33. The van der Waals surface area contributed by atoms with E-state index in [9.17, 15) is 9.59 Å². The van der Waals surface area contributed by atoms with Gasteiger partial charge in [0.05, 0.1) is 13.2 Å². The van der Waals surface area contributed by atoms with Crippen LogP contribution in [0.1, 0.15) is 13.8 Å². The van der Waals surface area contributed by atoms with Crippen molar-refractivity contribution in [2.75, 3.05) is 52.7 Å². The second-order valence-electron chi connectivity index (χ2n) is 3.82. The van der Waals surface area contributed by atoms with Crippen molar-refractivity contribution in [2.24, 2.45) is 0 Å². The van der Waals surface area contributed by atoms with Crippen molar-refractivity contribution >= 4 is 11.9 Å². The van der Waals surface area contributed by atoms with Crippen molar-refractivity contribution in [2.45, 2.75) is 13.8 Å². The molecule has 0 aliphatic carbocycles. The van der Waals surface area contributed by atoms with Crippen molar-refractivity contribution in [3.8, 4) is 0 Å². The molecule has 0 saturated carbocycles. The van der Waals surface area contributed by atoms with Crippen LogP contribution in [0, 0.1) is 0 Å². The second-order valence-corrected chi connectivity index (χ2v) is 3.82. The third kappa shape index (κ3) is 13.1. The molecule has 7 nitrogen and oxygen atoms in total. The molecular weight excluding hydrogens is 254 g/mol. The van der Waals surface area contributed by atoms with E-state index in [4.69, 9.17) is 14.6 Å². The van der Waals surface area contributed by atoms with E-state index in [1.165, 1.54) is 6.92 Å². The molecule has 0 unspecified atom stereocenters. The largest absolute Gasteiger partial charge is 0.480 e. The molecule has 0 amide bonds. The standard InChI is InChI=1S/C8H15NO3.C4H8O3/c1-8(10)12-7-4-9-2-5-11-6-3-9;1-2-7-3-4(5)6/h2-7H2,1H3;2-3H2,1H3,(H,5,6). The van der Waals surface area contributed by atoms with Crippen LogP contribution in [0.5, 0.6) is 0 Å². The minimum absolute atomic E-state index is 0.184. The molecular formula is C12H23NO6. The zero-order valence-electron chi connectivity index (χ0n) is 11.6. The van der Waals surface area contributed by atoms with Gasteiger partial charge >= 0.3 is 11.9 Å². The van der Waals surface area contributed by atoms with Gasteiger partial charge in [0.1, 0.15) is 13.2 Å². The van der Waals surface area contributed by atoms with E-state index >= 15 is 0 Å². The van der Waals surface area contributed by atoms with Crippen molar-refractivity contribution in [3.63, 3.8) is 0 Å². The molecule has 1 rings (SSSR count). The number of carboxylic acid groups (broad SMARTS) is 1. The van der Waals surface area contributed by atoms with Gasteiger partial charge in [0, 0.05) is 33.2 Å². The number of carbonyl (C=O) groups excluding carboxylic acids is 1. The summed E-state index contributed by atoms with van der Waals surface area (Å²) in [5.41, 5.74) is 0. The van der Waals surface area contributed by atoms with Crippen LogP contribution >= 0.6 is 0 Å². The van der Waals surface area contributed by atoms with Gasteiger partial charge < -0.3 is 19.3 Å². The van der Waals surface area contributed by atoms with Gasteiger partial charge in [0.15, 0.2) is 0 Å². The smallest absolute Gasteiger partial charge is 0.329 e. The maximum atomic E-state index is 10.4. The number of carbonyl (C=O) groups is 2. The number of ether oxygens (including phenoxy) is 3. The van der Waals surface area contributed by atoms with Gasteiger partial charge in [0.2, 0.25) is 0 Å². The normalized spacial score (nSPS) is 15.3. The number of carboxylic acids is 1. The topological polar surface area (TPSA) is 85.3 Å². The van der Waals surface area contributed by atoms with Gasteiger partial charge in [0.25, 0.3) is 0 Å². The summed E-state index contributed by atoms with van der Waals surface area (Å²) in [6.07, 6.45) is 0. The Hall–Kier alpha value is -1.18. The minimum Gasteiger partial charge on any atom is -0.480 e. The van der Waals surface area contributed by atoms with E-state index < -0.39 is 5.97 Å². The molecule has 1 fully saturated rings. The second kappa shape index (κ2) is 11.9. The molecule has 1 aliphatic heterocycles. The van der Waals surface area contributed by atoms with Crippen LogP contribution in [0.25, 0.3) is 0 Å². The molecule has 19 heavy (non-hydrogen) atoms. The van der Waals surface area contributed by atoms with Crippen molar-refractivity contribution in [1.82, 2.24) is 4.90 Å². The molecule has 0 bridgehead atoms. The first-order chi connectivity index (χ1) is 9.06. The maximum absolute atomic E-state index is 10.4. The molecule has 0 atom stereocenters. The molecule has 0 radical (unpaired) electrons. The highest BCUT2D eigenvalue weighted by atomic mass is 16.5. The third-order valence-corrected chi connectivity index (χ3v) is 2.25. The lowest BCUT2D eigenvalue weighted by atomic mass is 10.4. The van der Waals surface area contributed by atoms with E-state index in [2.05, 4.69) is 9.64 Å². The first-order valence-electron chi connectivity index (χ1n) is 6.29. The molecule has 7 heteroatoms. The van der Waals surface area contributed by atoms with Gasteiger partial charge in [-0.05, 0) is 6.92 Å². The van der Waals surface area contributed by atoms with Gasteiger partial charge in [-0.25, -0.2) is 4.79 Å². The van der Waals surface area contributed by atoms with E-state index in [1.807, 2.05) is 0 Å². The van der Waals surface area contributed by atoms with E-state index in [1.54, 1.807) is 6.92 Å². The average Bonchev–Trinajstić information content (AvgIpc) is 2.38. The van der Waals surface area contributed by atoms with Crippen LogP contribution in [-0.2, 0) is 23.8 Å². The van der Waals surface area contributed by atoms with Crippen LogP contribution in [0.2, 0.25) is 0 Å². The number of rotatable bonds is 6. The fourth-order valence-corrected chi connectivity index (χ4v) is 1.33. The highest BCUT2D eigenvalue weighted by Gasteiger charge is 2.09. The summed E-state index contributed by atoms with van der Waals surface area (Å²) >= 11 is 0. The quantitative estimate of drug-likeness (QED) is 0.683. The Balaban J connectivity index is 0.000000399. The molecule has 0 spiro atoms. The molecule has 1 aliphatic rings. The van der Waals surface area contributed by atoms with Gasteiger partial charge in [-0.1, -0.05) is 0 Å². The summed E-state index contributed by atoms with van der Waals surface area (Å²) in [7, 11) is 0. The lowest BCUT2D eigenvalue weighted by Gasteiger charge is -2.25. The number of hydrogen-bond donors (Lipinski definition) is 1. The predicted molar refractivity (Wildman–Crippen MR) is 68.0 cm³/mol. The van der Waals surface area contributed by atoms with Crippen LogP contribution in [0.15, 0.2) is 0 Å². The number of morpholine rings is 1. The Morgan fingerprint density at radius 1 is 1.32 bits per heavy atom. The Morgan fingerprint density at radius 2 is 1.95 bits per heavy atom. The molecule has 1 saturated heterocycles. The lowest BCUT2D eigenvalue weighted by Crippen LogP contribution is -2.38. The van der Waals surface area contributed by atoms with E-state index in [0.717, 1.165) is 32.8 Å². The molecule has 0 aromatic heterocycles. The van der Waals surface area contributed by atoms with Crippen molar-refractivity contribution in [1.29, 1.82) is 0 Å². The zero-order valence-corrected chi connectivity index (χ0v) is 11.6. The first kappa shape index (κ1) is 17.8. The van der Waals surface area contributed by atoms with Crippen LogP contribution in [0.4, 0.5) is 0 Å². The summed E-state index contributed by atoms with van der Waals surface area (Å²) in [6.45, 7) is 8.26. The average molecular weight is 277 g/mol. The van der Waals surface area contributed by atoms with Gasteiger partial charge in [-0.15, -0.1) is 0 Å².